The minimum absolute atomic E-state index is 0.416. The van der Waals surface area contributed by atoms with E-state index in [-0.39, 0.29) is 0 Å². The van der Waals surface area contributed by atoms with Crippen molar-refractivity contribution in [2.45, 2.75) is 6.54 Å². The van der Waals surface area contributed by atoms with Crippen molar-refractivity contribution in [3.63, 3.8) is 0 Å². The van der Waals surface area contributed by atoms with E-state index in [2.05, 4.69) is 4.57 Å². The number of aliphatic carboxylic acids is 1. The third-order valence-corrected chi connectivity index (χ3v) is 4.67. The van der Waals surface area contributed by atoms with Gasteiger partial charge in [-0.1, -0.05) is 42.5 Å². The molecule has 4 rings (SSSR count). The van der Waals surface area contributed by atoms with E-state index in [0.717, 1.165) is 27.4 Å². The maximum atomic E-state index is 12.1. The van der Waals surface area contributed by atoms with Crippen LogP contribution in [-0.4, -0.2) is 28.2 Å². The molecule has 0 bridgehead atoms. The molecule has 3 aromatic carbocycles. The van der Waals surface area contributed by atoms with Crippen LogP contribution in [0.5, 0.6) is 5.75 Å². The fraction of sp³-hybridized carbons (Fsp3) is 0.0909. The Kier molecular flexibility index (Phi) is 4.45. The lowest BCUT2D eigenvalue weighted by molar-refractivity contribution is -0.139. The van der Waals surface area contributed by atoms with E-state index in [1.54, 1.807) is 24.3 Å². The Hall–Kier alpha value is -3.80. The van der Waals surface area contributed by atoms with E-state index in [1.165, 1.54) is 0 Å². The molecule has 0 unspecified atom stereocenters. The minimum Gasteiger partial charge on any atom is -0.482 e. The van der Waals surface area contributed by atoms with Crippen molar-refractivity contribution in [3.8, 4) is 5.75 Å². The number of primary amides is 1. The van der Waals surface area contributed by atoms with E-state index in [0.29, 0.717) is 17.9 Å². The number of amides is 1. The van der Waals surface area contributed by atoms with Crippen LogP contribution in [0, 0.1) is 0 Å². The lowest BCUT2D eigenvalue weighted by Gasteiger charge is -2.10. The normalized spacial score (nSPS) is 11.0. The molecule has 0 radical (unpaired) electrons. The van der Waals surface area contributed by atoms with Crippen molar-refractivity contribution in [2.24, 2.45) is 5.73 Å². The van der Waals surface area contributed by atoms with Crippen molar-refractivity contribution in [2.75, 3.05) is 6.61 Å². The number of para-hydroxylation sites is 1. The van der Waals surface area contributed by atoms with Crippen molar-refractivity contribution in [1.29, 1.82) is 0 Å². The highest BCUT2D eigenvalue weighted by Crippen LogP contribution is 2.34. The van der Waals surface area contributed by atoms with E-state index in [9.17, 15) is 9.59 Å². The quantitative estimate of drug-likeness (QED) is 0.541. The SMILES string of the molecule is NC(=O)c1cccc2c3cc(OCC(=O)O)ccc3n(Cc3ccccc3)c12. The number of carboxylic acids is 1. The van der Waals surface area contributed by atoms with Crippen LogP contribution in [0.15, 0.2) is 66.7 Å². The van der Waals surface area contributed by atoms with Gasteiger partial charge in [0.2, 0.25) is 0 Å². The summed E-state index contributed by atoms with van der Waals surface area (Å²) in [6.07, 6.45) is 0. The van der Waals surface area contributed by atoms with Crippen LogP contribution >= 0.6 is 0 Å². The van der Waals surface area contributed by atoms with E-state index in [1.807, 2.05) is 42.5 Å². The number of nitrogens with zero attached hydrogens (tertiary/aromatic N) is 1. The fourth-order valence-electron chi connectivity index (χ4n) is 3.50. The van der Waals surface area contributed by atoms with Gasteiger partial charge in [0.05, 0.1) is 11.1 Å². The first-order valence-electron chi connectivity index (χ1n) is 8.78. The molecule has 0 saturated heterocycles. The second-order valence-corrected chi connectivity index (χ2v) is 6.50. The average Bonchev–Trinajstić information content (AvgIpc) is 3.00. The number of benzene rings is 3. The van der Waals surface area contributed by atoms with Gasteiger partial charge in [-0.25, -0.2) is 4.79 Å². The molecule has 6 heteroatoms. The summed E-state index contributed by atoms with van der Waals surface area (Å²) in [4.78, 5) is 22.9. The Morgan fingerprint density at radius 3 is 2.46 bits per heavy atom. The Morgan fingerprint density at radius 1 is 0.964 bits per heavy atom. The van der Waals surface area contributed by atoms with Gasteiger partial charge in [0, 0.05) is 22.8 Å². The van der Waals surface area contributed by atoms with Crippen LogP contribution in [0.25, 0.3) is 21.8 Å². The van der Waals surface area contributed by atoms with Gasteiger partial charge in [0.15, 0.2) is 6.61 Å². The monoisotopic (exact) mass is 374 g/mol. The highest BCUT2D eigenvalue weighted by molar-refractivity contribution is 6.15. The number of carbonyl (C=O) groups is 2. The summed E-state index contributed by atoms with van der Waals surface area (Å²) in [6, 6.07) is 20.8. The van der Waals surface area contributed by atoms with Gasteiger partial charge in [-0.3, -0.25) is 4.79 Å². The van der Waals surface area contributed by atoms with Crippen molar-refractivity contribution in [1.82, 2.24) is 4.57 Å². The molecule has 6 nitrogen and oxygen atoms in total. The number of carbonyl (C=O) groups excluding carboxylic acids is 1. The van der Waals surface area contributed by atoms with Crippen LogP contribution in [0.4, 0.5) is 0 Å². The molecule has 140 valence electrons. The number of hydrogen-bond acceptors (Lipinski definition) is 3. The van der Waals surface area contributed by atoms with Crippen molar-refractivity contribution < 1.29 is 19.4 Å². The largest absolute Gasteiger partial charge is 0.482 e. The molecule has 4 aromatic rings. The van der Waals surface area contributed by atoms with Crippen molar-refractivity contribution >= 4 is 33.7 Å². The number of carboxylic acid groups (broad SMARTS) is 1. The van der Waals surface area contributed by atoms with E-state index < -0.39 is 18.5 Å². The molecular weight excluding hydrogens is 356 g/mol. The van der Waals surface area contributed by atoms with Crippen LogP contribution in [0.2, 0.25) is 0 Å². The predicted molar refractivity (Wildman–Crippen MR) is 107 cm³/mol. The topological polar surface area (TPSA) is 94.6 Å². The zero-order valence-corrected chi connectivity index (χ0v) is 15.0. The molecule has 0 fully saturated rings. The van der Waals surface area contributed by atoms with Gasteiger partial charge in [-0.15, -0.1) is 0 Å². The van der Waals surface area contributed by atoms with Gasteiger partial charge in [-0.2, -0.15) is 0 Å². The highest BCUT2D eigenvalue weighted by atomic mass is 16.5. The molecule has 0 atom stereocenters. The standard InChI is InChI=1S/C22H18N2O4/c23-22(27)17-8-4-7-16-18-11-15(28-13-20(25)26)9-10-19(18)24(21(16)17)12-14-5-2-1-3-6-14/h1-11H,12-13H2,(H2,23,27)(H,25,26). The smallest absolute Gasteiger partial charge is 0.341 e. The van der Waals surface area contributed by atoms with Crippen LogP contribution in [0.3, 0.4) is 0 Å². The molecule has 0 aliphatic rings. The number of rotatable bonds is 6. The number of nitrogens with two attached hydrogens (primary N) is 1. The molecule has 28 heavy (non-hydrogen) atoms. The molecule has 1 amide bonds. The third kappa shape index (κ3) is 3.16. The number of fused-ring (bicyclic) bond motifs is 3. The summed E-state index contributed by atoms with van der Waals surface area (Å²) in [6.45, 7) is 0.154. The zero-order valence-electron chi connectivity index (χ0n) is 15.0. The summed E-state index contributed by atoms with van der Waals surface area (Å²) < 4.78 is 7.39. The lowest BCUT2D eigenvalue weighted by atomic mass is 10.1. The Balaban J connectivity index is 1.95. The average molecular weight is 374 g/mol. The fourth-order valence-corrected chi connectivity index (χ4v) is 3.50. The van der Waals surface area contributed by atoms with Gasteiger partial charge in [0.1, 0.15) is 5.75 Å². The second kappa shape index (κ2) is 7.08. The molecular formula is C22H18N2O4. The van der Waals surface area contributed by atoms with Gasteiger partial charge >= 0.3 is 5.97 Å². The number of ether oxygens (including phenoxy) is 1. The van der Waals surface area contributed by atoms with Crippen molar-refractivity contribution in [3.05, 3.63) is 77.9 Å². The molecule has 0 saturated carbocycles. The Morgan fingerprint density at radius 2 is 1.75 bits per heavy atom. The number of hydrogen-bond donors (Lipinski definition) is 2. The van der Waals surface area contributed by atoms with Gasteiger partial charge in [-0.05, 0) is 29.8 Å². The first kappa shape index (κ1) is 17.6. The molecule has 0 spiro atoms. The van der Waals surface area contributed by atoms with Crippen LogP contribution < -0.4 is 10.5 Å². The van der Waals surface area contributed by atoms with Crippen LogP contribution in [-0.2, 0) is 11.3 Å². The summed E-state index contributed by atoms with van der Waals surface area (Å²) in [5, 5.41) is 10.6. The molecule has 0 aliphatic carbocycles. The molecule has 1 aromatic heterocycles. The van der Waals surface area contributed by atoms with E-state index >= 15 is 0 Å². The first-order chi connectivity index (χ1) is 13.5. The maximum Gasteiger partial charge on any atom is 0.341 e. The minimum atomic E-state index is -1.04. The highest BCUT2D eigenvalue weighted by Gasteiger charge is 2.17. The molecule has 1 heterocycles. The Labute approximate surface area is 160 Å². The lowest BCUT2D eigenvalue weighted by Crippen LogP contribution is -2.13. The summed E-state index contributed by atoms with van der Waals surface area (Å²) in [5.41, 5.74) is 8.83. The maximum absolute atomic E-state index is 12.1. The molecule has 3 N–H and O–H groups in total. The molecule has 0 aliphatic heterocycles. The van der Waals surface area contributed by atoms with Crippen LogP contribution in [0.1, 0.15) is 15.9 Å². The second-order valence-electron chi connectivity index (χ2n) is 6.50. The first-order valence-corrected chi connectivity index (χ1v) is 8.78. The summed E-state index contributed by atoms with van der Waals surface area (Å²) in [5.74, 6) is -1.08. The predicted octanol–water partition coefficient (Wildman–Crippen LogP) is 3.41. The van der Waals surface area contributed by atoms with E-state index in [4.69, 9.17) is 15.6 Å². The zero-order chi connectivity index (χ0) is 19.7. The third-order valence-electron chi connectivity index (χ3n) is 4.67. The van der Waals surface area contributed by atoms with Gasteiger partial charge < -0.3 is 20.1 Å². The Bertz CT molecular complexity index is 1200. The number of aromatic nitrogens is 1. The summed E-state index contributed by atoms with van der Waals surface area (Å²) >= 11 is 0. The summed E-state index contributed by atoms with van der Waals surface area (Å²) in [7, 11) is 0. The van der Waals surface area contributed by atoms with Gasteiger partial charge in [0.25, 0.3) is 5.91 Å².